The lowest BCUT2D eigenvalue weighted by atomic mass is 10.2. The van der Waals surface area contributed by atoms with Gasteiger partial charge < -0.3 is 13.9 Å². The Balaban J connectivity index is 1.42. The first-order chi connectivity index (χ1) is 13.6. The molecule has 0 fully saturated rings. The van der Waals surface area contributed by atoms with Crippen molar-refractivity contribution in [2.24, 2.45) is 5.10 Å². The molecule has 1 N–H and O–H groups in total. The number of ether oxygens (including phenoxy) is 2. The van der Waals surface area contributed by atoms with E-state index in [2.05, 4.69) is 10.5 Å². The Kier molecular flexibility index (Phi) is 5.23. The first-order valence-electron chi connectivity index (χ1n) is 8.38. The standard InChI is InChI=1S/C20H14Cl2N2O4/c21-13-2-4-15(16(22)10-13)17-6-3-14(28-17)11-23-24-20(25)12-1-5-18-19(9-12)27-8-7-26-18/h1-6,9-11H,7-8H2,(H,24,25)/b23-11-. The highest BCUT2D eigenvalue weighted by molar-refractivity contribution is 6.36. The molecular weight excluding hydrogens is 403 g/mol. The van der Waals surface area contributed by atoms with Crippen molar-refractivity contribution in [1.82, 2.24) is 5.43 Å². The Morgan fingerprint density at radius 3 is 2.64 bits per heavy atom. The van der Waals surface area contributed by atoms with Crippen LogP contribution in [0.1, 0.15) is 16.1 Å². The summed E-state index contributed by atoms with van der Waals surface area (Å²) in [5.41, 5.74) is 3.58. The van der Waals surface area contributed by atoms with Crippen LogP contribution >= 0.6 is 23.2 Å². The van der Waals surface area contributed by atoms with Crippen LogP contribution in [0.15, 0.2) is 58.0 Å². The minimum absolute atomic E-state index is 0.374. The largest absolute Gasteiger partial charge is 0.486 e. The third kappa shape index (κ3) is 3.98. The van der Waals surface area contributed by atoms with E-state index in [1.54, 1.807) is 48.5 Å². The minimum atomic E-state index is -0.374. The molecule has 3 aromatic rings. The molecule has 0 radical (unpaired) electrons. The van der Waals surface area contributed by atoms with Crippen LogP contribution in [0.5, 0.6) is 11.5 Å². The van der Waals surface area contributed by atoms with Gasteiger partial charge in [-0.25, -0.2) is 5.43 Å². The fourth-order valence-electron chi connectivity index (χ4n) is 2.66. The summed E-state index contributed by atoms with van der Waals surface area (Å²) in [7, 11) is 0. The van der Waals surface area contributed by atoms with Crippen molar-refractivity contribution in [3.63, 3.8) is 0 Å². The van der Waals surface area contributed by atoms with Crippen molar-refractivity contribution in [3.8, 4) is 22.8 Å². The summed E-state index contributed by atoms with van der Waals surface area (Å²) in [5.74, 6) is 1.82. The summed E-state index contributed by atoms with van der Waals surface area (Å²) < 4.78 is 16.6. The third-order valence-corrected chi connectivity index (χ3v) is 4.53. The van der Waals surface area contributed by atoms with Crippen LogP contribution < -0.4 is 14.9 Å². The Hall–Kier alpha value is -2.96. The smallest absolute Gasteiger partial charge is 0.271 e. The highest BCUT2D eigenvalue weighted by Crippen LogP contribution is 2.32. The van der Waals surface area contributed by atoms with Crippen molar-refractivity contribution < 1.29 is 18.7 Å². The zero-order valence-corrected chi connectivity index (χ0v) is 16.0. The zero-order chi connectivity index (χ0) is 19.5. The molecule has 142 valence electrons. The first kappa shape index (κ1) is 18.4. The van der Waals surface area contributed by atoms with E-state index in [9.17, 15) is 4.79 Å². The second kappa shape index (κ2) is 7.96. The Labute approximate surface area is 170 Å². The van der Waals surface area contributed by atoms with Crippen LogP contribution in [0.4, 0.5) is 0 Å². The molecule has 6 nitrogen and oxygen atoms in total. The lowest BCUT2D eigenvalue weighted by molar-refractivity contribution is 0.0954. The monoisotopic (exact) mass is 416 g/mol. The Morgan fingerprint density at radius 1 is 1.00 bits per heavy atom. The number of carbonyl (C=O) groups is 1. The van der Waals surface area contributed by atoms with E-state index in [0.29, 0.717) is 57.4 Å². The lowest BCUT2D eigenvalue weighted by Gasteiger charge is -2.18. The van der Waals surface area contributed by atoms with E-state index < -0.39 is 0 Å². The summed E-state index contributed by atoms with van der Waals surface area (Å²) in [4.78, 5) is 12.2. The predicted molar refractivity (Wildman–Crippen MR) is 107 cm³/mol. The Bertz CT molecular complexity index is 1060. The summed E-state index contributed by atoms with van der Waals surface area (Å²) in [5, 5.41) is 4.96. The van der Waals surface area contributed by atoms with Gasteiger partial charge in [-0.15, -0.1) is 0 Å². The zero-order valence-electron chi connectivity index (χ0n) is 14.4. The molecule has 1 aliphatic rings. The third-order valence-electron chi connectivity index (χ3n) is 3.99. The number of fused-ring (bicyclic) bond motifs is 1. The molecule has 28 heavy (non-hydrogen) atoms. The molecule has 1 aliphatic heterocycles. The maximum absolute atomic E-state index is 12.2. The molecule has 0 atom stereocenters. The van der Waals surface area contributed by atoms with E-state index in [0.717, 1.165) is 0 Å². The first-order valence-corrected chi connectivity index (χ1v) is 9.14. The van der Waals surface area contributed by atoms with Crippen LogP contribution in [-0.2, 0) is 0 Å². The SMILES string of the molecule is O=C(N/N=C\c1ccc(-c2ccc(Cl)cc2Cl)o1)c1ccc2c(c1)OCCO2. The number of rotatable bonds is 4. The predicted octanol–water partition coefficient (Wildman–Crippen LogP) is 4.79. The number of hydrazone groups is 1. The number of halogens is 2. The summed E-state index contributed by atoms with van der Waals surface area (Å²) >= 11 is 12.1. The normalized spacial score (nSPS) is 12.9. The molecule has 1 aromatic heterocycles. The van der Waals surface area contributed by atoms with E-state index in [1.165, 1.54) is 6.21 Å². The fraction of sp³-hybridized carbons (Fsp3) is 0.100. The average Bonchev–Trinajstić information content (AvgIpc) is 3.16. The summed E-state index contributed by atoms with van der Waals surface area (Å²) in [6, 6.07) is 13.6. The van der Waals surface area contributed by atoms with Gasteiger partial charge in [0.25, 0.3) is 5.91 Å². The van der Waals surface area contributed by atoms with E-state index in [-0.39, 0.29) is 5.91 Å². The van der Waals surface area contributed by atoms with Crippen LogP contribution in [0.25, 0.3) is 11.3 Å². The van der Waals surface area contributed by atoms with Crippen LogP contribution in [-0.4, -0.2) is 25.3 Å². The molecule has 1 amide bonds. The molecule has 0 bridgehead atoms. The van der Waals surface area contributed by atoms with Gasteiger partial charge in [0.15, 0.2) is 11.5 Å². The van der Waals surface area contributed by atoms with Gasteiger partial charge in [-0.05, 0) is 48.5 Å². The Morgan fingerprint density at radius 2 is 1.82 bits per heavy atom. The molecule has 0 spiro atoms. The van der Waals surface area contributed by atoms with Gasteiger partial charge in [0.2, 0.25) is 0 Å². The molecule has 2 heterocycles. The molecule has 0 saturated heterocycles. The highest BCUT2D eigenvalue weighted by Gasteiger charge is 2.14. The number of hydrogen-bond donors (Lipinski definition) is 1. The van der Waals surface area contributed by atoms with Crippen molar-refractivity contribution in [3.05, 3.63) is 69.9 Å². The molecule has 2 aromatic carbocycles. The molecule has 0 saturated carbocycles. The molecule has 0 unspecified atom stereocenters. The number of hydrogen-bond acceptors (Lipinski definition) is 5. The summed E-state index contributed by atoms with van der Waals surface area (Å²) in [6.45, 7) is 0.948. The highest BCUT2D eigenvalue weighted by atomic mass is 35.5. The van der Waals surface area contributed by atoms with Crippen LogP contribution in [0, 0.1) is 0 Å². The number of nitrogens with one attached hydrogen (secondary N) is 1. The number of amides is 1. The van der Waals surface area contributed by atoms with Crippen LogP contribution in [0.2, 0.25) is 10.0 Å². The number of benzene rings is 2. The van der Waals surface area contributed by atoms with Crippen molar-refractivity contribution in [2.45, 2.75) is 0 Å². The minimum Gasteiger partial charge on any atom is -0.486 e. The maximum Gasteiger partial charge on any atom is 0.271 e. The lowest BCUT2D eigenvalue weighted by Crippen LogP contribution is -2.19. The quantitative estimate of drug-likeness (QED) is 0.490. The second-order valence-corrected chi connectivity index (χ2v) is 6.73. The van der Waals surface area contributed by atoms with Gasteiger partial charge in [-0.3, -0.25) is 4.79 Å². The topological polar surface area (TPSA) is 73.1 Å². The molecule has 8 heteroatoms. The van der Waals surface area contributed by atoms with E-state index in [4.69, 9.17) is 37.1 Å². The van der Waals surface area contributed by atoms with E-state index in [1.807, 2.05) is 0 Å². The van der Waals surface area contributed by atoms with Gasteiger partial charge in [-0.2, -0.15) is 5.10 Å². The second-order valence-electron chi connectivity index (χ2n) is 5.88. The summed E-state index contributed by atoms with van der Waals surface area (Å²) in [6.07, 6.45) is 1.41. The number of furan rings is 1. The van der Waals surface area contributed by atoms with Crippen molar-refractivity contribution >= 4 is 35.3 Å². The van der Waals surface area contributed by atoms with Crippen molar-refractivity contribution in [2.75, 3.05) is 13.2 Å². The van der Waals surface area contributed by atoms with Gasteiger partial charge in [0, 0.05) is 16.1 Å². The molecule has 0 aliphatic carbocycles. The van der Waals surface area contributed by atoms with Crippen LogP contribution in [0.3, 0.4) is 0 Å². The fourth-order valence-corrected chi connectivity index (χ4v) is 3.16. The number of carbonyl (C=O) groups excluding carboxylic acids is 1. The molecular formula is C20H14Cl2N2O4. The molecule has 4 rings (SSSR count). The van der Waals surface area contributed by atoms with Gasteiger partial charge in [-0.1, -0.05) is 23.2 Å². The maximum atomic E-state index is 12.2. The van der Waals surface area contributed by atoms with Gasteiger partial charge >= 0.3 is 0 Å². The number of nitrogens with zero attached hydrogens (tertiary/aromatic N) is 1. The van der Waals surface area contributed by atoms with E-state index >= 15 is 0 Å². The van der Waals surface area contributed by atoms with Gasteiger partial charge in [0.1, 0.15) is 24.7 Å². The average molecular weight is 417 g/mol. The van der Waals surface area contributed by atoms with Crippen molar-refractivity contribution in [1.29, 1.82) is 0 Å². The van der Waals surface area contributed by atoms with Gasteiger partial charge in [0.05, 0.1) is 11.2 Å².